The summed E-state index contributed by atoms with van der Waals surface area (Å²) in [4.78, 5) is 11.4. The van der Waals surface area contributed by atoms with Gasteiger partial charge in [0.2, 0.25) is 0 Å². The highest BCUT2D eigenvalue weighted by atomic mass is 16.5. The lowest BCUT2D eigenvalue weighted by atomic mass is 10.1. The molecule has 0 radical (unpaired) electrons. The van der Waals surface area contributed by atoms with Crippen molar-refractivity contribution in [2.75, 3.05) is 27.4 Å². The lowest BCUT2D eigenvalue weighted by molar-refractivity contribution is -0.117. The SMILES string of the molecule is COCCOc1ccc(CC(=O)CC#N)cc1OC. The molecule has 0 unspecified atom stereocenters. The van der Waals surface area contributed by atoms with E-state index in [1.807, 2.05) is 6.07 Å². The van der Waals surface area contributed by atoms with Crippen LogP contribution in [0.5, 0.6) is 11.5 Å². The lowest BCUT2D eigenvalue weighted by Crippen LogP contribution is -2.06. The molecule has 102 valence electrons. The van der Waals surface area contributed by atoms with Crippen LogP contribution in [0, 0.1) is 11.3 Å². The highest BCUT2D eigenvalue weighted by molar-refractivity contribution is 5.82. The van der Waals surface area contributed by atoms with Crippen LogP contribution in [-0.2, 0) is 16.0 Å². The summed E-state index contributed by atoms with van der Waals surface area (Å²) in [6.45, 7) is 0.922. The van der Waals surface area contributed by atoms with Crippen LogP contribution in [0.15, 0.2) is 18.2 Å². The molecule has 0 bridgehead atoms. The molecule has 5 heteroatoms. The molecule has 0 amide bonds. The van der Waals surface area contributed by atoms with Crippen molar-refractivity contribution in [3.05, 3.63) is 23.8 Å². The monoisotopic (exact) mass is 263 g/mol. The van der Waals surface area contributed by atoms with Crippen LogP contribution in [-0.4, -0.2) is 33.2 Å². The number of benzene rings is 1. The minimum absolute atomic E-state index is 0.0750. The quantitative estimate of drug-likeness (QED) is 0.668. The van der Waals surface area contributed by atoms with Crippen molar-refractivity contribution in [2.45, 2.75) is 12.8 Å². The number of rotatable bonds is 8. The average molecular weight is 263 g/mol. The maximum absolute atomic E-state index is 11.4. The smallest absolute Gasteiger partial charge is 0.161 e. The van der Waals surface area contributed by atoms with Crippen LogP contribution < -0.4 is 9.47 Å². The van der Waals surface area contributed by atoms with E-state index < -0.39 is 0 Å². The third kappa shape index (κ3) is 4.98. The molecule has 0 heterocycles. The zero-order chi connectivity index (χ0) is 14.1. The van der Waals surface area contributed by atoms with E-state index in [9.17, 15) is 4.79 Å². The normalized spacial score (nSPS) is 9.74. The van der Waals surface area contributed by atoms with Crippen molar-refractivity contribution in [2.24, 2.45) is 0 Å². The second kappa shape index (κ2) is 8.11. The first-order valence-electron chi connectivity index (χ1n) is 5.88. The summed E-state index contributed by atoms with van der Waals surface area (Å²) >= 11 is 0. The van der Waals surface area contributed by atoms with Gasteiger partial charge < -0.3 is 14.2 Å². The Balaban J connectivity index is 2.72. The Morgan fingerprint density at radius 3 is 2.68 bits per heavy atom. The molecular weight excluding hydrogens is 246 g/mol. The number of ketones is 1. The van der Waals surface area contributed by atoms with Gasteiger partial charge in [-0.05, 0) is 17.7 Å². The average Bonchev–Trinajstić information content (AvgIpc) is 2.40. The van der Waals surface area contributed by atoms with Gasteiger partial charge in [0.15, 0.2) is 17.3 Å². The van der Waals surface area contributed by atoms with Gasteiger partial charge in [-0.15, -0.1) is 0 Å². The van der Waals surface area contributed by atoms with E-state index in [-0.39, 0.29) is 18.6 Å². The third-order valence-corrected chi connectivity index (χ3v) is 2.45. The summed E-state index contributed by atoms with van der Waals surface area (Å²) < 4.78 is 15.6. The molecule has 0 aromatic heterocycles. The number of nitriles is 1. The Bertz CT molecular complexity index is 465. The van der Waals surface area contributed by atoms with Gasteiger partial charge in [-0.25, -0.2) is 0 Å². The van der Waals surface area contributed by atoms with E-state index in [4.69, 9.17) is 19.5 Å². The fraction of sp³-hybridized carbons (Fsp3) is 0.429. The van der Waals surface area contributed by atoms with Crippen LogP contribution in [0.3, 0.4) is 0 Å². The van der Waals surface area contributed by atoms with E-state index in [1.165, 1.54) is 0 Å². The minimum Gasteiger partial charge on any atom is -0.493 e. The molecule has 0 saturated heterocycles. The summed E-state index contributed by atoms with van der Waals surface area (Å²) in [6.07, 6.45) is 0.149. The number of methoxy groups -OCH3 is 2. The minimum atomic E-state index is -0.113. The second-order valence-electron chi connectivity index (χ2n) is 3.88. The van der Waals surface area contributed by atoms with Crippen molar-refractivity contribution in [1.82, 2.24) is 0 Å². The predicted molar refractivity (Wildman–Crippen MR) is 69.3 cm³/mol. The van der Waals surface area contributed by atoms with Crippen molar-refractivity contribution < 1.29 is 19.0 Å². The maximum atomic E-state index is 11.4. The van der Waals surface area contributed by atoms with Crippen LogP contribution in [0.1, 0.15) is 12.0 Å². The van der Waals surface area contributed by atoms with Gasteiger partial charge >= 0.3 is 0 Å². The number of carbonyl (C=O) groups excluding carboxylic acids is 1. The van der Waals surface area contributed by atoms with Gasteiger partial charge in [0.1, 0.15) is 6.61 Å². The van der Waals surface area contributed by atoms with Crippen molar-refractivity contribution in [3.8, 4) is 17.6 Å². The van der Waals surface area contributed by atoms with Gasteiger partial charge in [0.25, 0.3) is 0 Å². The number of nitrogens with zero attached hydrogens (tertiary/aromatic N) is 1. The molecule has 0 aliphatic rings. The maximum Gasteiger partial charge on any atom is 0.161 e. The fourth-order valence-corrected chi connectivity index (χ4v) is 1.55. The van der Waals surface area contributed by atoms with Crippen molar-refractivity contribution in [1.29, 1.82) is 5.26 Å². The molecule has 0 N–H and O–H groups in total. The number of Topliss-reactive ketones (excluding diaryl/α,β-unsaturated/α-hetero) is 1. The summed E-state index contributed by atoms with van der Waals surface area (Å²) in [6, 6.07) is 7.14. The molecule has 0 saturated carbocycles. The first kappa shape index (κ1) is 15.0. The summed E-state index contributed by atoms with van der Waals surface area (Å²) in [5, 5.41) is 8.45. The largest absolute Gasteiger partial charge is 0.493 e. The van der Waals surface area contributed by atoms with Gasteiger partial charge in [0.05, 0.1) is 26.2 Å². The van der Waals surface area contributed by atoms with Gasteiger partial charge in [0, 0.05) is 13.5 Å². The lowest BCUT2D eigenvalue weighted by Gasteiger charge is -2.11. The van der Waals surface area contributed by atoms with Crippen LogP contribution in [0.25, 0.3) is 0 Å². The fourth-order valence-electron chi connectivity index (χ4n) is 1.55. The van der Waals surface area contributed by atoms with E-state index in [1.54, 1.807) is 32.4 Å². The summed E-state index contributed by atoms with van der Waals surface area (Å²) in [5.74, 6) is 1.06. The molecule has 0 aliphatic carbocycles. The molecular formula is C14H17NO4. The number of ether oxygens (including phenoxy) is 3. The first-order valence-corrected chi connectivity index (χ1v) is 5.88. The standard InChI is InChI=1S/C14H17NO4/c1-17-7-8-19-13-4-3-11(10-14(13)18-2)9-12(16)5-6-15/h3-4,10H,5,7-9H2,1-2H3. The Morgan fingerprint density at radius 1 is 1.26 bits per heavy atom. The molecule has 19 heavy (non-hydrogen) atoms. The number of hydrogen-bond donors (Lipinski definition) is 0. The molecule has 0 spiro atoms. The molecule has 5 nitrogen and oxygen atoms in total. The zero-order valence-electron chi connectivity index (χ0n) is 11.1. The summed E-state index contributed by atoms with van der Waals surface area (Å²) in [7, 11) is 3.14. The topological polar surface area (TPSA) is 68.5 Å². The molecule has 1 aromatic rings. The molecule has 1 rings (SSSR count). The highest BCUT2D eigenvalue weighted by Crippen LogP contribution is 2.28. The molecule has 0 fully saturated rings. The predicted octanol–water partition coefficient (Wildman–Crippen LogP) is 1.75. The summed E-state index contributed by atoms with van der Waals surface area (Å²) in [5.41, 5.74) is 0.802. The van der Waals surface area contributed by atoms with Gasteiger partial charge in [-0.2, -0.15) is 5.26 Å². The Labute approximate surface area is 112 Å². The van der Waals surface area contributed by atoms with E-state index >= 15 is 0 Å². The Kier molecular flexibility index (Phi) is 6.41. The highest BCUT2D eigenvalue weighted by Gasteiger charge is 2.08. The van der Waals surface area contributed by atoms with Crippen molar-refractivity contribution in [3.63, 3.8) is 0 Å². The van der Waals surface area contributed by atoms with Crippen molar-refractivity contribution >= 4 is 5.78 Å². The van der Waals surface area contributed by atoms with E-state index in [2.05, 4.69) is 0 Å². The van der Waals surface area contributed by atoms with Crippen LogP contribution >= 0.6 is 0 Å². The van der Waals surface area contributed by atoms with Crippen LogP contribution in [0.4, 0.5) is 0 Å². The van der Waals surface area contributed by atoms with Gasteiger partial charge in [-0.1, -0.05) is 6.07 Å². The van der Waals surface area contributed by atoms with E-state index in [0.29, 0.717) is 24.7 Å². The molecule has 0 atom stereocenters. The van der Waals surface area contributed by atoms with Crippen LogP contribution in [0.2, 0.25) is 0 Å². The Morgan fingerprint density at radius 2 is 2.05 bits per heavy atom. The molecule has 1 aromatic carbocycles. The zero-order valence-corrected chi connectivity index (χ0v) is 11.1. The number of carbonyl (C=O) groups is 1. The van der Waals surface area contributed by atoms with E-state index in [0.717, 1.165) is 5.56 Å². The molecule has 0 aliphatic heterocycles. The third-order valence-electron chi connectivity index (χ3n) is 2.45. The Hall–Kier alpha value is -2.06. The second-order valence-corrected chi connectivity index (χ2v) is 3.88. The first-order chi connectivity index (χ1) is 9.21. The van der Waals surface area contributed by atoms with Gasteiger partial charge in [-0.3, -0.25) is 4.79 Å². The number of hydrogen-bond acceptors (Lipinski definition) is 5.